The zero-order chi connectivity index (χ0) is 31.5. The minimum Gasteiger partial charge on any atom is -0.502 e. The number of rotatable bonds is 4. The molecule has 2 aromatic heterocycles. The molecule has 0 atom stereocenters. The molecule has 7 heteroatoms. The van der Waals surface area contributed by atoms with Crippen LogP contribution in [0.2, 0.25) is 0 Å². The third-order valence-corrected chi connectivity index (χ3v) is 8.69. The first-order valence-corrected chi connectivity index (χ1v) is 15.4. The molecular formula is C40H23B2N3O2. The molecule has 0 bridgehead atoms. The first-order chi connectivity index (χ1) is 23.0. The summed E-state index contributed by atoms with van der Waals surface area (Å²) in [6, 6.07) is 46.0. The lowest BCUT2D eigenvalue weighted by Gasteiger charge is -2.37. The van der Waals surface area contributed by atoms with Gasteiger partial charge in [-0.2, -0.15) is 0 Å². The van der Waals surface area contributed by atoms with Crippen molar-refractivity contribution in [3.8, 4) is 62.2 Å². The fraction of sp³-hybridized carbons (Fsp3) is 0.0250. The number of hydrogen-bond acceptors (Lipinski definition) is 5. The van der Waals surface area contributed by atoms with Gasteiger partial charge in [-0.15, -0.1) is 0 Å². The third kappa shape index (κ3) is 4.54. The van der Waals surface area contributed by atoms with Crippen molar-refractivity contribution in [3.63, 3.8) is 0 Å². The molecule has 216 valence electrons. The van der Waals surface area contributed by atoms with Crippen molar-refractivity contribution < 1.29 is 9.15 Å². The Morgan fingerprint density at radius 3 is 1.89 bits per heavy atom. The van der Waals surface area contributed by atoms with E-state index >= 15 is 0 Å². The molecule has 0 saturated carbocycles. The highest BCUT2D eigenvalue weighted by molar-refractivity contribution is 6.40. The Bertz CT molecular complexity index is 2470. The van der Waals surface area contributed by atoms with E-state index in [9.17, 15) is 0 Å². The minimum absolute atomic E-state index is 0.540. The molecule has 6 aromatic carbocycles. The summed E-state index contributed by atoms with van der Waals surface area (Å²) in [6.45, 7) is 0. The van der Waals surface area contributed by atoms with Gasteiger partial charge in [0, 0.05) is 27.5 Å². The summed E-state index contributed by atoms with van der Waals surface area (Å²) >= 11 is 0. The van der Waals surface area contributed by atoms with E-state index in [-0.39, 0.29) is 0 Å². The molecule has 0 unspecified atom stereocenters. The van der Waals surface area contributed by atoms with Crippen LogP contribution in [-0.2, 0) is 5.40 Å². The maximum atomic E-state index is 6.46. The fourth-order valence-corrected chi connectivity index (χ4v) is 6.47. The number of fused-ring (bicyclic) bond motifs is 6. The van der Waals surface area contributed by atoms with Gasteiger partial charge in [-0.1, -0.05) is 121 Å². The van der Waals surface area contributed by atoms with Gasteiger partial charge in [-0.25, -0.2) is 15.0 Å². The summed E-state index contributed by atoms with van der Waals surface area (Å²) in [6.07, 6.45) is 0. The Labute approximate surface area is 273 Å². The van der Waals surface area contributed by atoms with Crippen LogP contribution in [-0.4, -0.2) is 30.6 Å². The summed E-state index contributed by atoms with van der Waals surface area (Å²) in [5, 5.41) is 0.622. The monoisotopic (exact) mass is 599 g/mol. The molecule has 0 saturated heterocycles. The molecule has 0 N–H and O–H groups in total. The molecule has 1 aliphatic heterocycles. The van der Waals surface area contributed by atoms with Crippen molar-refractivity contribution in [2.45, 2.75) is 5.40 Å². The molecule has 9 rings (SSSR count). The van der Waals surface area contributed by atoms with Crippen molar-refractivity contribution in [1.82, 2.24) is 15.0 Å². The molecule has 0 spiro atoms. The lowest BCUT2D eigenvalue weighted by atomic mass is 9.58. The van der Waals surface area contributed by atoms with E-state index in [1.165, 1.54) is 0 Å². The van der Waals surface area contributed by atoms with Gasteiger partial charge < -0.3 is 9.15 Å². The lowest BCUT2D eigenvalue weighted by molar-refractivity contribution is 0.241. The molecule has 47 heavy (non-hydrogen) atoms. The van der Waals surface area contributed by atoms with Crippen LogP contribution in [0.5, 0.6) is 5.75 Å². The predicted octanol–water partition coefficient (Wildman–Crippen LogP) is 8.95. The first-order valence-electron chi connectivity index (χ1n) is 15.4. The van der Waals surface area contributed by atoms with Crippen LogP contribution in [0.3, 0.4) is 0 Å². The van der Waals surface area contributed by atoms with Crippen molar-refractivity contribution >= 4 is 37.6 Å². The van der Waals surface area contributed by atoms with Gasteiger partial charge in [0.15, 0.2) is 17.5 Å². The largest absolute Gasteiger partial charge is 0.502 e. The topological polar surface area (TPSA) is 61.0 Å². The standard InChI is InChI=1S/C40H23B2N3O2/c41-40(42)32-17-9-14-27(35(32)30-13-5-7-19-34(30)47-40)24-20-22-26(23-21-24)38-43-37(25-10-2-1-3-11-25)44-39(45-38)31-16-8-15-29-28-12-4-6-18-33(28)46-36(29)31/h1-23H. The molecule has 0 amide bonds. The van der Waals surface area contributed by atoms with Crippen LogP contribution >= 0.6 is 0 Å². The molecule has 0 fully saturated rings. The zero-order valence-electron chi connectivity index (χ0n) is 25.1. The second kappa shape index (κ2) is 10.6. The average molecular weight is 599 g/mol. The molecule has 3 heterocycles. The van der Waals surface area contributed by atoms with Crippen molar-refractivity contribution in [2.24, 2.45) is 0 Å². The number of ether oxygens (including phenoxy) is 1. The minimum atomic E-state index is -1.45. The van der Waals surface area contributed by atoms with Crippen LogP contribution in [0.25, 0.3) is 78.4 Å². The number of para-hydroxylation sites is 3. The quantitative estimate of drug-likeness (QED) is 0.189. The number of aromatic nitrogens is 3. The number of benzene rings is 6. The lowest BCUT2D eigenvalue weighted by Crippen LogP contribution is -2.37. The summed E-state index contributed by atoms with van der Waals surface area (Å²) < 4.78 is 12.3. The highest BCUT2D eigenvalue weighted by atomic mass is 16.5. The van der Waals surface area contributed by atoms with E-state index < -0.39 is 5.40 Å². The molecule has 8 aromatic rings. The van der Waals surface area contributed by atoms with Crippen LogP contribution in [0.15, 0.2) is 144 Å². The first kappa shape index (κ1) is 27.4. The molecular weight excluding hydrogens is 576 g/mol. The van der Waals surface area contributed by atoms with Gasteiger partial charge in [0.2, 0.25) is 0 Å². The molecule has 0 aliphatic carbocycles. The predicted molar refractivity (Wildman–Crippen MR) is 188 cm³/mol. The summed E-state index contributed by atoms with van der Waals surface area (Å²) in [4.78, 5) is 14.9. The number of nitrogens with zero attached hydrogens (tertiary/aromatic N) is 3. The Balaban J connectivity index is 1.19. The summed E-state index contributed by atoms with van der Waals surface area (Å²) in [7, 11) is 12.9. The summed E-state index contributed by atoms with van der Waals surface area (Å²) in [5.74, 6) is 2.34. The van der Waals surface area contributed by atoms with E-state index in [0.717, 1.165) is 66.4 Å². The maximum absolute atomic E-state index is 6.46. The molecule has 1 aliphatic rings. The smallest absolute Gasteiger partial charge is 0.167 e. The SMILES string of the molecule is [B]C1([B])Oc2ccccc2-c2c(-c3ccc(-c4nc(-c5ccccc5)nc(-c5cccc6c5oc5ccccc56)n4)cc3)cccc21. The fourth-order valence-electron chi connectivity index (χ4n) is 6.47. The van der Waals surface area contributed by atoms with Crippen LogP contribution in [0, 0.1) is 0 Å². The number of furan rings is 1. The highest BCUT2D eigenvalue weighted by Crippen LogP contribution is 2.47. The van der Waals surface area contributed by atoms with E-state index in [1.807, 2.05) is 109 Å². The Morgan fingerprint density at radius 2 is 1.06 bits per heavy atom. The van der Waals surface area contributed by atoms with Crippen LogP contribution in [0.4, 0.5) is 0 Å². The van der Waals surface area contributed by atoms with Gasteiger partial charge >= 0.3 is 0 Å². The Kier molecular flexibility index (Phi) is 6.15. The van der Waals surface area contributed by atoms with E-state index in [4.69, 9.17) is 39.8 Å². The second-order valence-corrected chi connectivity index (χ2v) is 11.6. The van der Waals surface area contributed by atoms with E-state index in [1.54, 1.807) is 0 Å². The molecule has 4 radical (unpaired) electrons. The molecule has 5 nitrogen and oxygen atoms in total. The maximum Gasteiger partial charge on any atom is 0.167 e. The summed E-state index contributed by atoms with van der Waals surface area (Å²) in [5.41, 5.74) is 8.76. The van der Waals surface area contributed by atoms with Crippen LogP contribution in [0.1, 0.15) is 5.56 Å². The van der Waals surface area contributed by atoms with Gasteiger partial charge in [-0.3, -0.25) is 0 Å². The van der Waals surface area contributed by atoms with Gasteiger partial charge in [0.1, 0.15) is 32.6 Å². The van der Waals surface area contributed by atoms with Gasteiger partial charge in [0.05, 0.1) is 11.0 Å². The zero-order valence-corrected chi connectivity index (χ0v) is 25.1. The van der Waals surface area contributed by atoms with Crippen molar-refractivity contribution in [1.29, 1.82) is 0 Å². The normalized spacial score (nSPS) is 13.2. The average Bonchev–Trinajstić information content (AvgIpc) is 3.51. The van der Waals surface area contributed by atoms with E-state index in [0.29, 0.717) is 23.2 Å². The third-order valence-electron chi connectivity index (χ3n) is 8.69. The van der Waals surface area contributed by atoms with E-state index in [2.05, 4.69) is 30.3 Å². The highest BCUT2D eigenvalue weighted by Gasteiger charge is 2.32. The Morgan fingerprint density at radius 1 is 0.468 bits per heavy atom. The van der Waals surface area contributed by atoms with Gasteiger partial charge in [-0.05, 0) is 40.5 Å². The second-order valence-electron chi connectivity index (χ2n) is 11.6. The number of hydrogen-bond donors (Lipinski definition) is 0. The van der Waals surface area contributed by atoms with Gasteiger partial charge in [0.25, 0.3) is 0 Å². The van der Waals surface area contributed by atoms with Crippen LogP contribution < -0.4 is 4.74 Å². The van der Waals surface area contributed by atoms with Crippen molar-refractivity contribution in [3.05, 3.63) is 145 Å². The van der Waals surface area contributed by atoms with Crippen molar-refractivity contribution in [2.75, 3.05) is 0 Å². The Hall–Kier alpha value is -5.94.